The third-order valence-electron chi connectivity index (χ3n) is 4.46. The predicted octanol–water partition coefficient (Wildman–Crippen LogP) is 3.74. The minimum absolute atomic E-state index is 0.107. The highest BCUT2D eigenvalue weighted by molar-refractivity contribution is 6.07. The molecule has 0 aromatic heterocycles. The highest BCUT2D eigenvalue weighted by Crippen LogP contribution is 2.35. The van der Waals surface area contributed by atoms with E-state index in [-0.39, 0.29) is 29.6 Å². The minimum Gasteiger partial charge on any atom is -0.493 e. The predicted molar refractivity (Wildman–Crippen MR) is 112 cm³/mol. The Morgan fingerprint density at radius 3 is 2.20 bits per heavy atom. The molecule has 0 aliphatic rings. The average Bonchev–Trinajstić information content (AvgIpc) is 2.74. The smallest absolute Gasteiger partial charge is 0.286 e. The molecule has 0 saturated heterocycles. The number of hydrogen-bond donors (Lipinski definition) is 1. The largest absolute Gasteiger partial charge is 0.493 e. The van der Waals surface area contributed by atoms with Crippen molar-refractivity contribution in [2.45, 2.75) is 20.8 Å². The molecule has 0 saturated carbocycles. The molecule has 160 valence electrons. The van der Waals surface area contributed by atoms with E-state index in [1.165, 1.54) is 19.2 Å². The van der Waals surface area contributed by atoms with Gasteiger partial charge in [0.25, 0.3) is 17.5 Å². The van der Waals surface area contributed by atoms with Crippen LogP contribution in [0.2, 0.25) is 0 Å². The van der Waals surface area contributed by atoms with Crippen LogP contribution in [0.3, 0.4) is 0 Å². The Balaban J connectivity index is 2.29. The molecular formula is C21H25N3O6. The number of carbonyl (C=O) groups is 2. The van der Waals surface area contributed by atoms with Crippen LogP contribution < -0.4 is 14.8 Å². The zero-order valence-corrected chi connectivity index (χ0v) is 17.4. The first-order valence-corrected chi connectivity index (χ1v) is 9.56. The summed E-state index contributed by atoms with van der Waals surface area (Å²) in [5, 5.41) is 14.1. The van der Waals surface area contributed by atoms with Crippen molar-refractivity contribution in [1.29, 1.82) is 0 Å². The zero-order valence-electron chi connectivity index (χ0n) is 17.4. The fourth-order valence-electron chi connectivity index (χ4n) is 2.90. The third-order valence-corrected chi connectivity index (χ3v) is 4.46. The van der Waals surface area contributed by atoms with Gasteiger partial charge in [0.15, 0.2) is 11.5 Å². The van der Waals surface area contributed by atoms with E-state index in [1.807, 2.05) is 13.8 Å². The number of methoxy groups -OCH3 is 1. The van der Waals surface area contributed by atoms with Gasteiger partial charge >= 0.3 is 0 Å². The summed E-state index contributed by atoms with van der Waals surface area (Å²) in [5.41, 5.74) is 0.331. The van der Waals surface area contributed by atoms with Crippen molar-refractivity contribution in [1.82, 2.24) is 4.90 Å². The van der Waals surface area contributed by atoms with E-state index in [0.29, 0.717) is 24.3 Å². The lowest BCUT2D eigenvalue weighted by atomic mass is 10.1. The number of anilines is 1. The van der Waals surface area contributed by atoms with Crippen LogP contribution in [0.15, 0.2) is 36.4 Å². The SMILES string of the molecule is CCOc1cc([N+](=O)[O-])c(C(=O)Nc2ccc(C(=O)N(CC)CC)cc2)cc1OC. The van der Waals surface area contributed by atoms with Gasteiger partial charge in [0.05, 0.1) is 24.7 Å². The first-order chi connectivity index (χ1) is 14.4. The fourth-order valence-corrected chi connectivity index (χ4v) is 2.90. The summed E-state index contributed by atoms with van der Waals surface area (Å²) in [6.07, 6.45) is 0. The summed E-state index contributed by atoms with van der Waals surface area (Å²) in [6.45, 7) is 7.01. The van der Waals surface area contributed by atoms with E-state index in [0.717, 1.165) is 0 Å². The van der Waals surface area contributed by atoms with Gasteiger partial charge in [-0.2, -0.15) is 0 Å². The molecular weight excluding hydrogens is 390 g/mol. The van der Waals surface area contributed by atoms with Crippen molar-refractivity contribution in [2.75, 3.05) is 32.1 Å². The Kier molecular flexibility index (Phi) is 7.74. The lowest BCUT2D eigenvalue weighted by Gasteiger charge is -2.18. The van der Waals surface area contributed by atoms with Crippen LogP contribution >= 0.6 is 0 Å². The van der Waals surface area contributed by atoms with E-state index in [9.17, 15) is 19.7 Å². The topological polar surface area (TPSA) is 111 Å². The number of benzene rings is 2. The Morgan fingerprint density at radius 2 is 1.70 bits per heavy atom. The van der Waals surface area contributed by atoms with Gasteiger partial charge < -0.3 is 19.7 Å². The molecule has 2 amide bonds. The Hall–Kier alpha value is -3.62. The van der Waals surface area contributed by atoms with E-state index >= 15 is 0 Å². The molecule has 9 nitrogen and oxygen atoms in total. The third kappa shape index (κ3) is 5.05. The second kappa shape index (κ2) is 10.2. The number of nitro groups is 1. The maximum Gasteiger partial charge on any atom is 0.286 e. The maximum atomic E-state index is 12.7. The number of nitrogens with zero attached hydrogens (tertiary/aromatic N) is 2. The highest BCUT2D eigenvalue weighted by atomic mass is 16.6. The standard InChI is InChI=1S/C21H25N3O6/c1-5-23(6-2)21(26)14-8-10-15(11-9-14)22-20(25)16-12-18(29-4)19(30-7-3)13-17(16)24(27)28/h8-13H,5-7H2,1-4H3,(H,22,25). The van der Waals surface area contributed by atoms with Crippen LogP contribution in [0.1, 0.15) is 41.5 Å². The van der Waals surface area contributed by atoms with Crippen molar-refractivity contribution in [3.8, 4) is 11.5 Å². The molecule has 0 spiro atoms. The highest BCUT2D eigenvalue weighted by Gasteiger charge is 2.25. The Labute approximate surface area is 174 Å². The molecule has 2 aromatic rings. The van der Waals surface area contributed by atoms with Gasteiger partial charge in [-0.25, -0.2) is 0 Å². The second-order valence-corrected chi connectivity index (χ2v) is 6.22. The summed E-state index contributed by atoms with van der Waals surface area (Å²) in [7, 11) is 1.39. The normalized spacial score (nSPS) is 10.3. The van der Waals surface area contributed by atoms with Crippen molar-refractivity contribution in [3.63, 3.8) is 0 Å². The molecule has 0 bridgehead atoms. The van der Waals surface area contributed by atoms with Gasteiger partial charge in [0.2, 0.25) is 0 Å². The van der Waals surface area contributed by atoms with E-state index in [1.54, 1.807) is 36.1 Å². The number of amides is 2. The number of nitrogens with one attached hydrogen (secondary N) is 1. The van der Waals surface area contributed by atoms with E-state index in [2.05, 4.69) is 5.32 Å². The molecule has 30 heavy (non-hydrogen) atoms. The van der Waals surface area contributed by atoms with Crippen LogP contribution in [0, 0.1) is 10.1 Å². The molecule has 1 N–H and O–H groups in total. The fraction of sp³-hybridized carbons (Fsp3) is 0.333. The van der Waals surface area contributed by atoms with Gasteiger partial charge in [-0.3, -0.25) is 19.7 Å². The summed E-state index contributed by atoms with van der Waals surface area (Å²) in [6, 6.07) is 8.80. The first kappa shape index (κ1) is 22.7. The molecule has 0 aliphatic heterocycles. The van der Waals surface area contributed by atoms with Crippen molar-refractivity contribution < 1.29 is 24.0 Å². The summed E-state index contributed by atoms with van der Waals surface area (Å²) in [4.78, 5) is 37.6. The van der Waals surface area contributed by atoms with Crippen LogP contribution in [0.5, 0.6) is 11.5 Å². The van der Waals surface area contributed by atoms with Crippen LogP contribution in [-0.4, -0.2) is 48.4 Å². The van der Waals surface area contributed by atoms with Crippen LogP contribution in [-0.2, 0) is 0 Å². The number of hydrogen-bond acceptors (Lipinski definition) is 6. The molecule has 2 aromatic carbocycles. The maximum absolute atomic E-state index is 12.7. The molecule has 0 fully saturated rings. The minimum atomic E-state index is -0.675. The molecule has 0 heterocycles. The molecule has 2 rings (SSSR count). The molecule has 0 atom stereocenters. The number of ether oxygens (including phenoxy) is 2. The van der Waals surface area contributed by atoms with Crippen LogP contribution in [0.4, 0.5) is 11.4 Å². The van der Waals surface area contributed by atoms with E-state index < -0.39 is 16.5 Å². The van der Waals surface area contributed by atoms with Crippen molar-refractivity contribution >= 4 is 23.2 Å². The van der Waals surface area contributed by atoms with Crippen molar-refractivity contribution in [2.24, 2.45) is 0 Å². The summed E-state index contributed by atoms with van der Waals surface area (Å²) in [5.74, 6) is -0.383. The van der Waals surface area contributed by atoms with Gasteiger partial charge in [-0.15, -0.1) is 0 Å². The summed E-state index contributed by atoms with van der Waals surface area (Å²) < 4.78 is 10.5. The quantitative estimate of drug-likeness (QED) is 0.493. The lowest BCUT2D eigenvalue weighted by Crippen LogP contribution is -2.30. The first-order valence-electron chi connectivity index (χ1n) is 9.56. The Bertz CT molecular complexity index is 923. The molecule has 0 aliphatic carbocycles. The summed E-state index contributed by atoms with van der Waals surface area (Å²) >= 11 is 0. The number of rotatable bonds is 9. The number of nitro benzene ring substituents is 1. The average molecular weight is 415 g/mol. The molecule has 0 radical (unpaired) electrons. The monoisotopic (exact) mass is 415 g/mol. The lowest BCUT2D eigenvalue weighted by molar-refractivity contribution is -0.385. The Morgan fingerprint density at radius 1 is 1.07 bits per heavy atom. The number of carbonyl (C=O) groups excluding carboxylic acids is 2. The van der Waals surface area contributed by atoms with Gasteiger partial charge in [0.1, 0.15) is 5.56 Å². The van der Waals surface area contributed by atoms with Crippen molar-refractivity contribution in [3.05, 3.63) is 57.6 Å². The zero-order chi connectivity index (χ0) is 22.3. The van der Waals surface area contributed by atoms with Gasteiger partial charge in [0, 0.05) is 30.4 Å². The molecule has 9 heteroatoms. The van der Waals surface area contributed by atoms with Gasteiger partial charge in [-0.05, 0) is 45.0 Å². The molecule has 0 unspecified atom stereocenters. The van der Waals surface area contributed by atoms with Gasteiger partial charge in [-0.1, -0.05) is 0 Å². The van der Waals surface area contributed by atoms with Crippen LogP contribution in [0.25, 0.3) is 0 Å². The second-order valence-electron chi connectivity index (χ2n) is 6.22. The van der Waals surface area contributed by atoms with E-state index in [4.69, 9.17) is 9.47 Å².